The van der Waals surface area contributed by atoms with E-state index < -0.39 is 4.92 Å². The number of hydrogen-bond donors (Lipinski definition) is 1. The smallest absolute Gasteiger partial charge is 0.273 e. The van der Waals surface area contributed by atoms with E-state index in [1.165, 1.54) is 12.1 Å². The highest BCUT2D eigenvalue weighted by molar-refractivity contribution is 7.80. The second-order valence-electron chi connectivity index (χ2n) is 4.01. The van der Waals surface area contributed by atoms with Crippen LogP contribution in [0.4, 0.5) is 5.69 Å². The molecule has 0 bridgehead atoms. The molecule has 4 nitrogen and oxygen atoms in total. The van der Waals surface area contributed by atoms with Gasteiger partial charge in [0.05, 0.1) is 17.6 Å². The molecule has 0 radical (unpaired) electrons. The number of benzene rings is 1. The van der Waals surface area contributed by atoms with Gasteiger partial charge >= 0.3 is 0 Å². The number of thiol groups is 1. The largest absolute Gasteiger partial charge is 0.493 e. The third-order valence-corrected chi connectivity index (χ3v) is 2.79. The summed E-state index contributed by atoms with van der Waals surface area (Å²) >= 11 is 4.17. The molecule has 0 saturated carbocycles. The number of hydrogen-bond acceptors (Lipinski definition) is 4. The fourth-order valence-corrected chi connectivity index (χ4v) is 1.87. The van der Waals surface area contributed by atoms with Gasteiger partial charge in [0.2, 0.25) is 0 Å². The quantitative estimate of drug-likeness (QED) is 0.462. The van der Waals surface area contributed by atoms with Crippen LogP contribution in [0.15, 0.2) is 24.3 Å². The second-order valence-corrected chi connectivity index (χ2v) is 4.46. The van der Waals surface area contributed by atoms with Gasteiger partial charge in [-0.3, -0.25) is 10.1 Å². The summed E-state index contributed by atoms with van der Waals surface area (Å²) < 4.78 is 5.48. The van der Waals surface area contributed by atoms with Gasteiger partial charge in [-0.2, -0.15) is 12.6 Å². The average molecular weight is 255 g/mol. The third-order valence-electron chi connectivity index (χ3n) is 2.53. The van der Waals surface area contributed by atoms with Crippen LogP contribution in [0.25, 0.3) is 0 Å². The van der Waals surface area contributed by atoms with Crippen molar-refractivity contribution in [3.63, 3.8) is 0 Å². The van der Waals surface area contributed by atoms with E-state index in [9.17, 15) is 10.1 Å². The molecule has 0 saturated heterocycles. The molecule has 0 heterocycles. The highest BCUT2D eigenvalue weighted by Gasteiger charge is 2.06. The van der Waals surface area contributed by atoms with Crippen molar-refractivity contribution in [3.05, 3.63) is 34.4 Å². The van der Waals surface area contributed by atoms with Gasteiger partial charge in [0.1, 0.15) is 5.75 Å². The molecule has 0 aliphatic heterocycles. The average Bonchev–Trinajstić information content (AvgIpc) is 2.30. The van der Waals surface area contributed by atoms with Crippen molar-refractivity contribution in [2.45, 2.75) is 19.8 Å². The lowest BCUT2D eigenvalue weighted by Gasteiger charge is -2.10. The first-order chi connectivity index (χ1) is 8.13. The predicted octanol–water partition coefficient (Wildman–Crippen LogP) is 3.32. The van der Waals surface area contributed by atoms with Crippen LogP contribution in [-0.4, -0.2) is 17.3 Å². The van der Waals surface area contributed by atoms with Crippen molar-refractivity contribution in [2.24, 2.45) is 5.92 Å². The van der Waals surface area contributed by atoms with Crippen LogP contribution in [0, 0.1) is 16.0 Å². The standard InChI is InChI=1S/C12H17NO3S/c1-10(6-8-17)5-7-16-12-4-2-3-11(9-12)13(14)15/h2-4,9-10,17H,5-8H2,1H3. The molecule has 0 spiro atoms. The van der Waals surface area contributed by atoms with Crippen LogP contribution in [-0.2, 0) is 0 Å². The number of nitro groups is 1. The van der Waals surface area contributed by atoms with Gasteiger partial charge in [-0.15, -0.1) is 0 Å². The van der Waals surface area contributed by atoms with Crippen LogP contribution < -0.4 is 4.74 Å². The summed E-state index contributed by atoms with van der Waals surface area (Å²) in [6.07, 6.45) is 1.99. The maximum absolute atomic E-state index is 10.6. The zero-order valence-electron chi connectivity index (χ0n) is 9.83. The Morgan fingerprint density at radius 1 is 1.47 bits per heavy atom. The molecule has 5 heteroatoms. The first-order valence-electron chi connectivity index (χ1n) is 5.61. The molecule has 0 aromatic heterocycles. The molecule has 1 atom stereocenters. The minimum Gasteiger partial charge on any atom is -0.493 e. The SMILES string of the molecule is CC(CCS)CCOc1cccc([N+](=O)[O-])c1. The van der Waals surface area contributed by atoms with Gasteiger partial charge in [0, 0.05) is 6.07 Å². The summed E-state index contributed by atoms with van der Waals surface area (Å²) in [6, 6.07) is 6.26. The number of nitrogens with zero attached hydrogens (tertiary/aromatic N) is 1. The van der Waals surface area contributed by atoms with Crippen LogP contribution in [0.5, 0.6) is 5.75 Å². The van der Waals surface area contributed by atoms with E-state index in [0.29, 0.717) is 18.3 Å². The summed E-state index contributed by atoms with van der Waals surface area (Å²) in [5.74, 6) is 1.99. The zero-order chi connectivity index (χ0) is 12.7. The third kappa shape index (κ3) is 5.08. The maximum atomic E-state index is 10.6. The molecule has 0 fully saturated rings. The summed E-state index contributed by atoms with van der Waals surface area (Å²) in [7, 11) is 0. The predicted molar refractivity (Wildman–Crippen MR) is 70.8 cm³/mol. The lowest BCUT2D eigenvalue weighted by atomic mass is 10.1. The van der Waals surface area contributed by atoms with Crippen LogP contribution in [0.1, 0.15) is 19.8 Å². The Morgan fingerprint density at radius 3 is 2.88 bits per heavy atom. The van der Waals surface area contributed by atoms with E-state index in [1.807, 2.05) is 0 Å². The number of ether oxygens (including phenoxy) is 1. The number of non-ortho nitro benzene ring substituents is 1. The van der Waals surface area contributed by atoms with Crippen molar-refractivity contribution in [1.29, 1.82) is 0 Å². The summed E-state index contributed by atoms with van der Waals surface area (Å²) in [4.78, 5) is 10.1. The first-order valence-corrected chi connectivity index (χ1v) is 6.25. The van der Waals surface area contributed by atoms with E-state index >= 15 is 0 Å². The highest BCUT2D eigenvalue weighted by Crippen LogP contribution is 2.19. The van der Waals surface area contributed by atoms with Gasteiger partial charge in [0.15, 0.2) is 0 Å². The van der Waals surface area contributed by atoms with Gasteiger partial charge in [-0.05, 0) is 30.6 Å². The molecule has 1 aromatic rings. The molecule has 1 unspecified atom stereocenters. The van der Waals surface area contributed by atoms with E-state index in [1.54, 1.807) is 12.1 Å². The molecule has 0 N–H and O–H groups in total. The molecular weight excluding hydrogens is 238 g/mol. The van der Waals surface area contributed by atoms with Crippen LogP contribution in [0.2, 0.25) is 0 Å². The van der Waals surface area contributed by atoms with E-state index in [0.717, 1.165) is 18.6 Å². The lowest BCUT2D eigenvalue weighted by Crippen LogP contribution is -2.04. The van der Waals surface area contributed by atoms with Gasteiger partial charge < -0.3 is 4.74 Å². The van der Waals surface area contributed by atoms with Crippen molar-refractivity contribution < 1.29 is 9.66 Å². The van der Waals surface area contributed by atoms with E-state index in [-0.39, 0.29) is 5.69 Å². The molecule has 0 amide bonds. The Labute approximate surface area is 107 Å². The Kier molecular flexibility index (Phi) is 5.83. The molecule has 1 aromatic carbocycles. The molecule has 17 heavy (non-hydrogen) atoms. The number of nitro benzene ring substituents is 1. The Morgan fingerprint density at radius 2 is 2.24 bits per heavy atom. The van der Waals surface area contributed by atoms with Gasteiger partial charge in [-0.1, -0.05) is 13.0 Å². The topological polar surface area (TPSA) is 52.4 Å². The molecule has 94 valence electrons. The summed E-state index contributed by atoms with van der Waals surface area (Å²) in [5, 5.41) is 10.6. The summed E-state index contributed by atoms with van der Waals surface area (Å²) in [5.41, 5.74) is 0.0610. The van der Waals surface area contributed by atoms with Gasteiger partial charge in [-0.25, -0.2) is 0 Å². The van der Waals surface area contributed by atoms with Crippen molar-refractivity contribution in [1.82, 2.24) is 0 Å². The van der Waals surface area contributed by atoms with Crippen LogP contribution in [0.3, 0.4) is 0 Å². The Balaban J connectivity index is 2.41. The molecule has 0 aliphatic rings. The normalized spacial score (nSPS) is 12.1. The molecule has 0 aliphatic carbocycles. The fraction of sp³-hybridized carbons (Fsp3) is 0.500. The number of rotatable bonds is 7. The minimum absolute atomic E-state index is 0.0610. The lowest BCUT2D eigenvalue weighted by molar-refractivity contribution is -0.384. The maximum Gasteiger partial charge on any atom is 0.273 e. The molecular formula is C12H17NO3S. The van der Waals surface area contributed by atoms with Crippen molar-refractivity contribution in [3.8, 4) is 5.75 Å². The van der Waals surface area contributed by atoms with Crippen molar-refractivity contribution in [2.75, 3.05) is 12.4 Å². The van der Waals surface area contributed by atoms with E-state index in [2.05, 4.69) is 19.6 Å². The van der Waals surface area contributed by atoms with E-state index in [4.69, 9.17) is 4.74 Å². The van der Waals surface area contributed by atoms with Crippen molar-refractivity contribution >= 4 is 18.3 Å². The minimum atomic E-state index is -0.420. The fourth-order valence-electron chi connectivity index (χ4n) is 1.43. The Hall–Kier alpha value is -1.23. The van der Waals surface area contributed by atoms with Gasteiger partial charge in [0.25, 0.3) is 5.69 Å². The second kappa shape index (κ2) is 7.17. The zero-order valence-corrected chi connectivity index (χ0v) is 10.7. The molecule has 1 rings (SSSR count). The summed E-state index contributed by atoms with van der Waals surface area (Å²) in [6.45, 7) is 2.73. The Bertz CT molecular complexity index is 371. The monoisotopic (exact) mass is 255 g/mol. The van der Waals surface area contributed by atoms with Crippen LogP contribution >= 0.6 is 12.6 Å². The first kappa shape index (κ1) is 13.8. The highest BCUT2D eigenvalue weighted by atomic mass is 32.1.